The monoisotopic (exact) mass is 137 g/mol. The summed E-state index contributed by atoms with van der Waals surface area (Å²) in [7, 11) is 0. The van der Waals surface area contributed by atoms with Gasteiger partial charge in [0.25, 0.3) is 0 Å². The van der Waals surface area contributed by atoms with Crippen molar-refractivity contribution in [1.82, 2.24) is 0 Å². The van der Waals surface area contributed by atoms with E-state index in [2.05, 4.69) is 13.0 Å². The van der Waals surface area contributed by atoms with Gasteiger partial charge in [0.15, 0.2) is 0 Å². The van der Waals surface area contributed by atoms with Gasteiger partial charge < -0.3 is 0 Å². The van der Waals surface area contributed by atoms with E-state index in [1.807, 2.05) is 19.9 Å². The number of nitriles is 1. The standard InChI is InChI=1S/C9H15N/c1-4-5-6-9(7-10)8(2)3/h6,8H,4-5H2,1-3H3/b9-6+. The van der Waals surface area contributed by atoms with Crippen LogP contribution < -0.4 is 0 Å². The summed E-state index contributed by atoms with van der Waals surface area (Å²) in [6.45, 7) is 6.21. The van der Waals surface area contributed by atoms with Crippen LogP contribution in [-0.4, -0.2) is 0 Å². The molecular formula is C9H15N. The van der Waals surface area contributed by atoms with Crippen molar-refractivity contribution in [3.05, 3.63) is 11.6 Å². The van der Waals surface area contributed by atoms with Gasteiger partial charge in [-0.25, -0.2) is 0 Å². The molecule has 0 radical (unpaired) electrons. The van der Waals surface area contributed by atoms with Gasteiger partial charge in [0.05, 0.1) is 6.07 Å². The zero-order chi connectivity index (χ0) is 7.98. The molecule has 0 fully saturated rings. The van der Waals surface area contributed by atoms with Crippen LogP contribution in [0.2, 0.25) is 0 Å². The van der Waals surface area contributed by atoms with Gasteiger partial charge in [0.1, 0.15) is 0 Å². The minimum absolute atomic E-state index is 0.386. The van der Waals surface area contributed by atoms with Crippen molar-refractivity contribution < 1.29 is 0 Å². The molecule has 0 atom stereocenters. The highest BCUT2D eigenvalue weighted by Crippen LogP contribution is 2.09. The summed E-state index contributed by atoms with van der Waals surface area (Å²) < 4.78 is 0. The topological polar surface area (TPSA) is 23.8 Å². The second-order valence-electron chi connectivity index (χ2n) is 2.71. The molecule has 0 aliphatic carbocycles. The van der Waals surface area contributed by atoms with Crippen LogP contribution in [0.5, 0.6) is 0 Å². The van der Waals surface area contributed by atoms with E-state index in [1.165, 1.54) is 0 Å². The molecule has 0 aromatic heterocycles. The Kier molecular flexibility index (Phi) is 4.66. The predicted octanol–water partition coefficient (Wildman–Crippen LogP) is 2.89. The van der Waals surface area contributed by atoms with Crippen molar-refractivity contribution in [2.45, 2.75) is 33.6 Å². The summed E-state index contributed by atoms with van der Waals surface area (Å²) >= 11 is 0. The van der Waals surface area contributed by atoms with Crippen LogP contribution >= 0.6 is 0 Å². The third-order valence-electron chi connectivity index (χ3n) is 1.40. The lowest BCUT2D eigenvalue weighted by molar-refractivity contribution is 0.783. The number of hydrogen-bond acceptors (Lipinski definition) is 1. The number of nitrogens with zero attached hydrogens (tertiary/aromatic N) is 1. The maximum atomic E-state index is 8.60. The maximum absolute atomic E-state index is 8.60. The average Bonchev–Trinajstić information content (AvgIpc) is 1.89. The Bertz CT molecular complexity index is 149. The van der Waals surface area contributed by atoms with Gasteiger partial charge in [-0.15, -0.1) is 0 Å². The Morgan fingerprint density at radius 3 is 2.50 bits per heavy atom. The Labute approximate surface area is 63.4 Å². The van der Waals surface area contributed by atoms with Crippen LogP contribution in [-0.2, 0) is 0 Å². The Morgan fingerprint density at radius 2 is 2.20 bits per heavy atom. The zero-order valence-corrected chi connectivity index (χ0v) is 7.02. The molecule has 0 saturated heterocycles. The fourth-order valence-corrected chi connectivity index (χ4v) is 0.710. The highest BCUT2D eigenvalue weighted by atomic mass is 14.2. The van der Waals surface area contributed by atoms with Crippen molar-refractivity contribution in [2.24, 2.45) is 5.92 Å². The predicted molar refractivity (Wildman–Crippen MR) is 43.4 cm³/mol. The van der Waals surface area contributed by atoms with Crippen LogP contribution in [0.15, 0.2) is 11.6 Å². The Morgan fingerprint density at radius 1 is 1.60 bits per heavy atom. The summed E-state index contributed by atoms with van der Waals surface area (Å²) in [5.74, 6) is 0.386. The van der Waals surface area contributed by atoms with E-state index in [9.17, 15) is 0 Å². The van der Waals surface area contributed by atoms with Crippen molar-refractivity contribution >= 4 is 0 Å². The molecule has 0 aliphatic heterocycles. The molecule has 1 nitrogen and oxygen atoms in total. The normalized spacial score (nSPS) is 11.7. The molecule has 56 valence electrons. The van der Waals surface area contributed by atoms with Crippen LogP contribution in [0.1, 0.15) is 33.6 Å². The molecular weight excluding hydrogens is 122 g/mol. The minimum atomic E-state index is 0.386. The molecule has 0 aliphatic rings. The number of hydrogen-bond donors (Lipinski definition) is 0. The summed E-state index contributed by atoms with van der Waals surface area (Å²) in [6, 6.07) is 2.20. The molecule has 0 heterocycles. The molecule has 0 saturated carbocycles. The van der Waals surface area contributed by atoms with Gasteiger partial charge in [-0.2, -0.15) is 5.26 Å². The Hall–Kier alpha value is -0.770. The van der Waals surface area contributed by atoms with Crippen LogP contribution in [0, 0.1) is 17.2 Å². The second kappa shape index (κ2) is 5.05. The SMILES string of the molecule is CCC/C=C(\C#N)C(C)C. The third-order valence-corrected chi connectivity index (χ3v) is 1.40. The molecule has 0 aromatic carbocycles. The fraction of sp³-hybridized carbons (Fsp3) is 0.667. The van der Waals surface area contributed by atoms with Gasteiger partial charge in [0, 0.05) is 5.57 Å². The maximum Gasteiger partial charge on any atom is 0.0946 e. The van der Waals surface area contributed by atoms with Crippen LogP contribution in [0.3, 0.4) is 0 Å². The van der Waals surface area contributed by atoms with E-state index < -0.39 is 0 Å². The molecule has 0 N–H and O–H groups in total. The van der Waals surface area contributed by atoms with Crippen molar-refractivity contribution in [2.75, 3.05) is 0 Å². The van der Waals surface area contributed by atoms with Gasteiger partial charge >= 0.3 is 0 Å². The fourth-order valence-electron chi connectivity index (χ4n) is 0.710. The van der Waals surface area contributed by atoms with E-state index in [4.69, 9.17) is 5.26 Å². The first-order valence-electron chi connectivity index (χ1n) is 3.82. The molecule has 0 spiro atoms. The molecule has 10 heavy (non-hydrogen) atoms. The number of unbranched alkanes of at least 4 members (excludes halogenated alkanes) is 1. The van der Waals surface area contributed by atoms with Crippen molar-refractivity contribution in [3.63, 3.8) is 0 Å². The molecule has 1 heteroatoms. The first kappa shape index (κ1) is 9.23. The molecule has 0 bridgehead atoms. The van der Waals surface area contributed by atoms with Crippen molar-refractivity contribution in [1.29, 1.82) is 5.26 Å². The molecule has 0 unspecified atom stereocenters. The first-order chi connectivity index (χ1) is 4.72. The van der Waals surface area contributed by atoms with Gasteiger partial charge in [-0.1, -0.05) is 33.3 Å². The van der Waals surface area contributed by atoms with E-state index >= 15 is 0 Å². The summed E-state index contributed by atoms with van der Waals surface area (Å²) in [5.41, 5.74) is 0.918. The zero-order valence-electron chi connectivity index (χ0n) is 7.02. The highest BCUT2D eigenvalue weighted by Gasteiger charge is 1.98. The highest BCUT2D eigenvalue weighted by molar-refractivity contribution is 5.22. The van der Waals surface area contributed by atoms with Crippen molar-refractivity contribution in [3.8, 4) is 6.07 Å². The summed E-state index contributed by atoms with van der Waals surface area (Å²) in [4.78, 5) is 0. The third kappa shape index (κ3) is 3.29. The lowest BCUT2D eigenvalue weighted by atomic mass is 10.0. The van der Waals surface area contributed by atoms with E-state index in [0.717, 1.165) is 18.4 Å². The van der Waals surface area contributed by atoms with E-state index in [-0.39, 0.29) is 0 Å². The second-order valence-corrected chi connectivity index (χ2v) is 2.71. The van der Waals surface area contributed by atoms with E-state index in [1.54, 1.807) is 0 Å². The van der Waals surface area contributed by atoms with Gasteiger partial charge in [0.2, 0.25) is 0 Å². The lowest BCUT2D eigenvalue weighted by Gasteiger charge is -1.99. The molecule has 0 rings (SSSR count). The molecule has 0 aromatic rings. The Balaban J connectivity index is 3.95. The quantitative estimate of drug-likeness (QED) is 0.549. The smallest absolute Gasteiger partial charge is 0.0946 e. The first-order valence-corrected chi connectivity index (χ1v) is 3.82. The lowest BCUT2D eigenvalue weighted by Crippen LogP contribution is -1.89. The van der Waals surface area contributed by atoms with Crippen LogP contribution in [0.25, 0.3) is 0 Å². The van der Waals surface area contributed by atoms with Crippen LogP contribution in [0.4, 0.5) is 0 Å². The summed E-state index contributed by atoms with van der Waals surface area (Å²) in [5, 5.41) is 8.60. The molecule has 0 amide bonds. The number of rotatable bonds is 3. The average molecular weight is 137 g/mol. The van der Waals surface area contributed by atoms with Gasteiger partial charge in [-0.3, -0.25) is 0 Å². The number of allylic oxidation sites excluding steroid dienone is 2. The summed E-state index contributed by atoms with van der Waals surface area (Å²) in [6.07, 6.45) is 4.18. The minimum Gasteiger partial charge on any atom is -0.193 e. The van der Waals surface area contributed by atoms with Gasteiger partial charge in [-0.05, 0) is 12.3 Å². The van der Waals surface area contributed by atoms with E-state index in [0.29, 0.717) is 5.92 Å². The largest absolute Gasteiger partial charge is 0.193 e.